The monoisotopic (exact) mass is 237 g/mol. The van der Waals surface area contributed by atoms with Gasteiger partial charge in [0.1, 0.15) is 0 Å². The molecule has 0 saturated heterocycles. The molecule has 16 heavy (non-hydrogen) atoms. The summed E-state index contributed by atoms with van der Waals surface area (Å²) in [5, 5.41) is 7.80. The molecule has 0 aliphatic heterocycles. The zero-order chi connectivity index (χ0) is 12.0. The fourth-order valence-corrected chi connectivity index (χ4v) is 2.16. The first-order chi connectivity index (χ1) is 7.65. The molecule has 0 saturated carbocycles. The minimum atomic E-state index is 0.347. The second kappa shape index (κ2) is 6.62. The van der Waals surface area contributed by atoms with E-state index in [1.54, 1.807) is 11.8 Å². The molecule has 1 heterocycles. The average molecular weight is 237 g/mol. The Morgan fingerprint density at radius 2 is 2.44 bits per heavy atom. The third-order valence-corrected chi connectivity index (χ3v) is 3.26. The van der Waals surface area contributed by atoms with Gasteiger partial charge >= 0.3 is 0 Å². The summed E-state index contributed by atoms with van der Waals surface area (Å²) in [6.45, 7) is 5.18. The number of hydrogen-bond donors (Lipinski definition) is 1. The third kappa shape index (κ3) is 3.92. The minimum absolute atomic E-state index is 0.347. The lowest BCUT2D eigenvalue weighted by Crippen LogP contribution is -2.21. The highest BCUT2D eigenvalue weighted by molar-refractivity contribution is 7.99. The largest absolute Gasteiger partial charge is 0.309 e. The number of nitrogens with one attached hydrogen (secondary N) is 1. The van der Waals surface area contributed by atoms with Crippen LogP contribution in [-0.4, -0.2) is 27.8 Å². The van der Waals surface area contributed by atoms with Gasteiger partial charge in [0, 0.05) is 37.1 Å². The van der Waals surface area contributed by atoms with Crippen LogP contribution >= 0.6 is 11.8 Å². The molecule has 88 valence electrons. The average Bonchev–Trinajstić information content (AvgIpc) is 2.57. The van der Waals surface area contributed by atoms with Gasteiger partial charge in [0.05, 0.1) is 11.4 Å². The van der Waals surface area contributed by atoms with Gasteiger partial charge in [0.15, 0.2) is 0 Å². The number of aromatic nitrogens is 2. The van der Waals surface area contributed by atoms with E-state index >= 15 is 0 Å². The van der Waals surface area contributed by atoms with Crippen LogP contribution in [0.25, 0.3) is 0 Å². The highest BCUT2D eigenvalue weighted by atomic mass is 32.2. The van der Waals surface area contributed by atoms with Crippen molar-refractivity contribution in [2.75, 3.05) is 18.1 Å². The van der Waals surface area contributed by atoms with Crippen LogP contribution in [0, 0.1) is 19.3 Å². The van der Waals surface area contributed by atoms with Gasteiger partial charge in [-0.25, -0.2) is 0 Å². The van der Waals surface area contributed by atoms with Crippen molar-refractivity contribution in [1.82, 2.24) is 15.1 Å². The lowest BCUT2D eigenvalue weighted by Gasteiger charge is -2.12. The zero-order valence-corrected chi connectivity index (χ0v) is 11.0. The Morgan fingerprint density at radius 1 is 1.69 bits per heavy atom. The first-order valence-electron chi connectivity index (χ1n) is 5.40. The number of terminal acetylenes is 1. The molecule has 1 aromatic rings. The molecule has 0 bridgehead atoms. The summed E-state index contributed by atoms with van der Waals surface area (Å²) >= 11 is 1.78. The van der Waals surface area contributed by atoms with E-state index in [1.807, 2.05) is 18.7 Å². The van der Waals surface area contributed by atoms with Crippen LogP contribution in [0.5, 0.6) is 0 Å². The molecule has 0 fully saturated rings. The predicted molar refractivity (Wildman–Crippen MR) is 70.5 cm³/mol. The molecule has 1 rings (SSSR count). The standard InChI is InChI=1S/C12H19N3S/c1-5-7-16-8-6-13-10(2)12-9-15(4)14-11(12)3/h1,9-10,13H,6-8H2,2-4H3. The van der Waals surface area contributed by atoms with Crippen LogP contribution in [0.3, 0.4) is 0 Å². The topological polar surface area (TPSA) is 29.9 Å². The van der Waals surface area contributed by atoms with Crippen LogP contribution in [-0.2, 0) is 7.05 Å². The molecule has 0 spiro atoms. The molecule has 0 aromatic carbocycles. The molecule has 0 aliphatic carbocycles. The van der Waals surface area contributed by atoms with E-state index < -0.39 is 0 Å². The van der Waals surface area contributed by atoms with Crippen molar-refractivity contribution < 1.29 is 0 Å². The number of aryl methyl sites for hydroxylation is 2. The van der Waals surface area contributed by atoms with E-state index in [9.17, 15) is 0 Å². The first kappa shape index (κ1) is 13.1. The minimum Gasteiger partial charge on any atom is -0.309 e. The first-order valence-corrected chi connectivity index (χ1v) is 6.55. The van der Waals surface area contributed by atoms with Gasteiger partial charge in [0.2, 0.25) is 0 Å². The molecular formula is C12H19N3S. The second-order valence-electron chi connectivity index (χ2n) is 3.78. The number of hydrogen-bond acceptors (Lipinski definition) is 3. The predicted octanol–water partition coefficient (Wildman–Crippen LogP) is 1.75. The molecule has 1 atom stereocenters. The summed E-state index contributed by atoms with van der Waals surface area (Å²) in [6, 6.07) is 0.347. The summed E-state index contributed by atoms with van der Waals surface area (Å²) in [5.41, 5.74) is 2.36. The Morgan fingerprint density at radius 3 is 3.00 bits per heavy atom. The molecule has 0 aliphatic rings. The molecule has 1 N–H and O–H groups in total. The summed E-state index contributed by atoms with van der Waals surface area (Å²) in [4.78, 5) is 0. The summed E-state index contributed by atoms with van der Waals surface area (Å²) in [7, 11) is 1.95. The Hall–Kier alpha value is -0.920. The van der Waals surface area contributed by atoms with Gasteiger partial charge in [-0.15, -0.1) is 18.2 Å². The van der Waals surface area contributed by atoms with Crippen molar-refractivity contribution in [3.8, 4) is 12.3 Å². The van der Waals surface area contributed by atoms with Crippen molar-refractivity contribution in [3.05, 3.63) is 17.5 Å². The highest BCUT2D eigenvalue weighted by Gasteiger charge is 2.10. The molecule has 4 heteroatoms. The van der Waals surface area contributed by atoms with Gasteiger partial charge in [0.25, 0.3) is 0 Å². The number of rotatable bonds is 6. The smallest absolute Gasteiger partial charge is 0.0641 e. The van der Waals surface area contributed by atoms with Crippen LogP contribution in [0.2, 0.25) is 0 Å². The van der Waals surface area contributed by atoms with E-state index in [0.29, 0.717) is 6.04 Å². The summed E-state index contributed by atoms with van der Waals surface area (Å²) in [5.74, 6) is 4.46. The van der Waals surface area contributed by atoms with E-state index in [4.69, 9.17) is 6.42 Å². The van der Waals surface area contributed by atoms with Crippen molar-refractivity contribution in [2.45, 2.75) is 19.9 Å². The molecule has 1 aromatic heterocycles. The molecule has 0 amide bonds. The number of nitrogens with zero attached hydrogens (tertiary/aromatic N) is 2. The SMILES string of the molecule is C#CCSCCNC(C)c1cn(C)nc1C. The molecule has 0 radical (unpaired) electrons. The maximum absolute atomic E-state index is 5.18. The van der Waals surface area contributed by atoms with Crippen molar-refractivity contribution in [3.63, 3.8) is 0 Å². The Bertz CT molecular complexity index is 365. The van der Waals surface area contributed by atoms with E-state index in [1.165, 1.54) is 5.56 Å². The highest BCUT2D eigenvalue weighted by Crippen LogP contribution is 2.15. The van der Waals surface area contributed by atoms with Gasteiger partial charge in [-0.05, 0) is 13.8 Å². The van der Waals surface area contributed by atoms with Gasteiger partial charge in [-0.3, -0.25) is 4.68 Å². The van der Waals surface area contributed by atoms with Crippen molar-refractivity contribution >= 4 is 11.8 Å². The quantitative estimate of drug-likeness (QED) is 0.604. The maximum Gasteiger partial charge on any atom is 0.0641 e. The second-order valence-corrected chi connectivity index (χ2v) is 4.88. The lowest BCUT2D eigenvalue weighted by atomic mass is 10.1. The third-order valence-electron chi connectivity index (χ3n) is 2.40. The molecule has 1 unspecified atom stereocenters. The Kier molecular flexibility index (Phi) is 5.44. The fraction of sp³-hybridized carbons (Fsp3) is 0.583. The van der Waals surface area contributed by atoms with Crippen molar-refractivity contribution in [1.29, 1.82) is 0 Å². The Balaban J connectivity index is 2.33. The van der Waals surface area contributed by atoms with Gasteiger partial charge in [-0.2, -0.15) is 5.10 Å². The van der Waals surface area contributed by atoms with Crippen LogP contribution in [0.15, 0.2) is 6.20 Å². The summed E-state index contributed by atoms with van der Waals surface area (Å²) < 4.78 is 1.86. The van der Waals surface area contributed by atoms with Gasteiger partial charge in [-0.1, -0.05) is 5.92 Å². The van der Waals surface area contributed by atoms with Crippen LogP contribution in [0.4, 0.5) is 0 Å². The fourth-order valence-electron chi connectivity index (χ4n) is 1.63. The van der Waals surface area contributed by atoms with Crippen LogP contribution in [0.1, 0.15) is 24.2 Å². The van der Waals surface area contributed by atoms with Gasteiger partial charge < -0.3 is 5.32 Å². The Labute approximate surface area is 102 Å². The normalized spacial score (nSPS) is 12.4. The lowest BCUT2D eigenvalue weighted by molar-refractivity contribution is 0.598. The molecular weight excluding hydrogens is 218 g/mol. The maximum atomic E-state index is 5.18. The van der Waals surface area contributed by atoms with Crippen LogP contribution < -0.4 is 5.32 Å². The van der Waals surface area contributed by atoms with E-state index in [-0.39, 0.29) is 0 Å². The molecule has 3 nitrogen and oxygen atoms in total. The summed E-state index contributed by atoms with van der Waals surface area (Å²) in [6.07, 6.45) is 7.25. The zero-order valence-electron chi connectivity index (χ0n) is 10.2. The number of thioether (sulfide) groups is 1. The van der Waals surface area contributed by atoms with E-state index in [2.05, 4.69) is 29.5 Å². The van der Waals surface area contributed by atoms with E-state index in [0.717, 1.165) is 23.7 Å². The van der Waals surface area contributed by atoms with Crippen molar-refractivity contribution in [2.24, 2.45) is 7.05 Å².